The van der Waals surface area contributed by atoms with Gasteiger partial charge < -0.3 is 10.6 Å². The van der Waals surface area contributed by atoms with Crippen LogP contribution < -0.4 is 10.6 Å². The third-order valence-electron chi connectivity index (χ3n) is 2.36. The maximum Gasteiger partial charge on any atom is 0.237 e. The lowest BCUT2D eigenvalue weighted by Gasteiger charge is -2.20. The molecular weight excluding hydrogens is 204 g/mol. The molecular formula is C12H24N2O2. The lowest BCUT2D eigenvalue weighted by Crippen LogP contribution is -2.48. The van der Waals surface area contributed by atoms with Crippen LogP contribution in [0.5, 0.6) is 0 Å². The van der Waals surface area contributed by atoms with Gasteiger partial charge in [-0.3, -0.25) is 9.59 Å². The molecule has 0 spiro atoms. The molecule has 0 rings (SSSR count). The summed E-state index contributed by atoms with van der Waals surface area (Å²) in [6, 6.07) is -0.209. The fourth-order valence-electron chi connectivity index (χ4n) is 1.51. The number of carbonyl (C=O) groups is 2. The maximum absolute atomic E-state index is 11.8. The van der Waals surface area contributed by atoms with Gasteiger partial charge in [-0.05, 0) is 18.9 Å². The molecule has 0 saturated carbocycles. The zero-order valence-corrected chi connectivity index (χ0v) is 10.8. The minimum absolute atomic E-state index is 0.0821. The Labute approximate surface area is 98.2 Å². The van der Waals surface area contributed by atoms with Crippen LogP contribution in [0.4, 0.5) is 0 Å². The predicted molar refractivity (Wildman–Crippen MR) is 65.2 cm³/mol. The molecule has 0 aliphatic carbocycles. The van der Waals surface area contributed by atoms with Crippen LogP contribution in [-0.4, -0.2) is 30.8 Å². The lowest BCUT2D eigenvalue weighted by atomic mass is 10.0. The molecule has 0 fully saturated rings. The second-order valence-electron chi connectivity index (χ2n) is 4.29. The summed E-state index contributed by atoms with van der Waals surface area (Å²) < 4.78 is 0. The highest BCUT2D eigenvalue weighted by Crippen LogP contribution is 2.01. The molecule has 0 radical (unpaired) electrons. The number of rotatable bonds is 8. The Morgan fingerprint density at radius 2 is 1.81 bits per heavy atom. The summed E-state index contributed by atoms with van der Waals surface area (Å²) in [6.45, 7) is 8.79. The Morgan fingerprint density at radius 1 is 1.19 bits per heavy atom. The zero-order valence-electron chi connectivity index (χ0n) is 10.8. The second-order valence-corrected chi connectivity index (χ2v) is 4.29. The number of Topliss-reactive ketones (excluding diaryl/α,β-unsaturated/α-hetero) is 1. The molecule has 0 aromatic heterocycles. The minimum Gasteiger partial charge on any atom is -0.348 e. The number of carbonyl (C=O) groups excluding carboxylic acids is 2. The van der Waals surface area contributed by atoms with Crippen molar-refractivity contribution in [1.29, 1.82) is 0 Å². The van der Waals surface area contributed by atoms with E-state index < -0.39 is 0 Å². The van der Waals surface area contributed by atoms with Crippen molar-refractivity contribution in [2.24, 2.45) is 5.92 Å². The first-order chi connectivity index (χ1) is 7.52. The quantitative estimate of drug-likeness (QED) is 0.654. The largest absolute Gasteiger partial charge is 0.348 e. The van der Waals surface area contributed by atoms with Gasteiger partial charge in [0.25, 0.3) is 0 Å². The molecule has 2 N–H and O–H groups in total. The molecule has 0 aromatic rings. The minimum atomic E-state index is -0.209. The monoisotopic (exact) mass is 228 g/mol. The van der Waals surface area contributed by atoms with Crippen molar-refractivity contribution in [3.63, 3.8) is 0 Å². The van der Waals surface area contributed by atoms with Crippen LogP contribution in [0, 0.1) is 5.92 Å². The number of amides is 1. The smallest absolute Gasteiger partial charge is 0.237 e. The van der Waals surface area contributed by atoms with Crippen LogP contribution in [0.2, 0.25) is 0 Å². The van der Waals surface area contributed by atoms with Gasteiger partial charge >= 0.3 is 0 Å². The van der Waals surface area contributed by atoms with Crippen molar-refractivity contribution in [2.45, 2.75) is 46.6 Å². The Bertz CT molecular complexity index is 227. The van der Waals surface area contributed by atoms with E-state index in [-0.39, 0.29) is 30.2 Å². The van der Waals surface area contributed by atoms with Gasteiger partial charge in [0, 0.05) is 6.42 Å². The van der Waals surface area contributed by atoms with Crippen molar-refractivity contribution in [3.8, 4) is 0 Å². The van der Waals surface area contributed by atoms with Gasteiger partial charge in [-0.15, -0.1) is 0 Å². The maximum atomic E-state index is 11.8. The van der Waals surface area contributed by atoms with Gasteiger partial charge in [0.2, 0.25) is 5.91 Å². The van der Waals surface area contributed by atoms with Crippen molar-refractivity contribution in [3.05, 3.63) is 0 Å². The van der Waals surface area contributed by atoms with Crippen molar-refractivity contribution in [1.82, 2.24) is 10.6 Å². The molecule has 16 heavy (non-hydrogen) atoms. The molecule has 0 saturated heterocycles. The SMILES string of the molecule is CCCC(=O)CNC(=O)C(NCC)C(C)C. The summed E-state index contributed by atoms with van der Waals surface area (Å²) in [7, 11) is 0. The second kappa shape index (κ2) is 8.28. The van der Waals surface area contributed by atoms with Crippen LogP contribution in [0.1, 0.15) is 40.5 Å². The van der Waals surface area contributed by atoms with E-state index in [0.717, 1.165) is 13.0 Å². The summed E-state index contributed by atoms with van der Waals surface area (Å²) in [5.41, 5.74) is 0. The highest BCUT2D eigenvalue weighted by Gasteiger charge is 2.20. The Morgan fingerprint density at radius 3 is 2.25 bits per heavy atom. The highest BCUT2D eigenvalue weighted by molar-refractivity contribution is 5.88. The summed E-state index contributed by atoms with van der Waals surface area (Å²) in [5, 5.41) is 5.80. The van der Waals surface area contributed by atoms with Crippen molar-refractivity contribution < 1.29 is 9.59 Å². The Hall–Kier alpha value is -0.900. The third kappa shape index (κ3) is 5.85. The van der Waals surface area contributed by atoms with E-state index in [1.165, 1.54) is 0 Å². The van der Waals surface area contributed by atoms with Gasteiger partial charge in [0.1, 0.15) is 0 Å². The predicted octanol–water partition coefficient (Wildman–Crippen LogP) is 1.11. The first-order valence-electron chi connectivity index (χ1n) is 6.05. The van der Waals surface area contributed by atoms with E-state index in [0.29, 0.717) is 6.42 Å². The molecule has 1 amide bonds. The number of nitrogens with one attached hydrogen (secondary N) is 2. The molecule has 4 heteroatoms. The third-order valence-corrected chi connectivity index (χ3v) is 2.36. The normalized spacial score (nSPS) is 12.6. The van der Waals surface area contributed by atoms with E-state index >= 15 is 0 Å². The van der Waals surface area contributed by atoms with Gasteiger partial charge in [0.05, 0.1) is 12.6 Å². The molecule has 0 heterocycles. The molecule has 0 aliphatic heterocycles. The first-order valence-corrected chi connectivity index (χ1v) is 6.05. The van der Waals surface area contributed by atoms with Crippen LogP contribution >= 0.6 is 0 Å². The summed E-state index contributed by atoms with van der Waals surface area (Å²) in [4.78, 5) is 23.0. The number of hydrogen-bond acceptors (Lipinski definition) is 3. The number of ketones is 1. The fourth-order valence-corrected chi connectivity index (χ4v) is 1.51. The Balaban J connectivity index is 4.05. The summed E-state index contributed by atoms with van der Waals surface area (Å²) in [6.07, 6.45) is 1.36. The molecule has 4 nitrogen and oxygen atoms in total. The van der Waals surface area contributed by atoms with E-state index in [9.17, 15) is 9.59 Å². The molecule has 0 bridgehead atoms. The van der Waals surface area contributed by atoms with E-state index in [4.69, 9.17) is 0 Å². The topological polar surface area (TPSA) is 58.2 Å². The van der Waals surface area contributed by atoms with E-state index in [1.807, 2.05) is 27.7 Å². The van der Waals surface area contributed by atoms with Gasteiger partial charge in [0.15, 0.2) is 5.78 Å². The Kier molecular flexibility index (Phi) is 7.81. The van der Waals surface area contributed by atoms with Crippen molar-refractivity contribution in [2.75, 3.05) is 13.1 Å². The van der Waals surface area contributed by atoms with Gasteiger partial charge in [-0.25, -0.2) is 0 Å². The molecule has 1 atom stereocenters. The molecule has 0 aromatic carbocycles. The van der Waals surface area contributed by atoms with Crippen molar-refractivity contribution >= 4 is 11.7 Å². The number of hydrogen-bond donors (Lipinski definition) is 2. The molecule has 94 valence electrons. The van der Waals surface area contributed by atoms with Gasteiger partial charge in [-0.1, -0.05) is 27.7 Å². The first kappa shape index (κ1) is 15.1. The average Bonchev–Trinajstić information content (AvgIpc) is 2.22. The van der Waals surface area contributed by atoms with Crippen LogP contribution in [-0.2, 0) is 9.59 Å². The van der Waals surface area contributed by atoms with Crippen LogP contribution in [0.3, 0.4) is 0 Å². The zero-order chi connectivity index (χ0) is 12.6. The standard InChI is InChI=1S/C12H24N2O2/c1-5-7-10(15)8-14-12(16)11(9(3)4)13-6-2/h9,11,13H,5-8H2,1-4H3,(H,14,16). The average molecular weight is 228 g/mol. The van der Waals surface area contributed by atoms with Crippen LogP contribution in [0.25, 0.3) is 0 Å². The fraction of sp³-hybridized carbons (Fsp3) is 0.833. The van der Waals surface area contributed by atoms with E-state index in [2.05, 4.69) is 10.6 Å². The highest BCUT2D eigenvalue weighted by atomic mass is 16.2. The lowest BCUT2D eigenvalue weighted by molar-refractivity contribution is -0.127. The summed E-state index contributed by atoms with van der Waals surface area (Å²) >= 11 is 0. The van der Waals surface area contributed by atoms with E-state index in [1.54, 1.807) is 0 Å². The van der Waals surface area contributed by atoms with Crippen LogP contribution in [0.15, 0.2) is 0 Å². The van der Waals surface area contributed by atoms with Gasteiger partial charge in [-0.2, -0.15) is 0 Å². The summed E-state index contributed by atoms with van der Waals surface area (Å²) in [5.74, 6) is 0.234. The molecule has 1 unspecified atom stereocenters. The number of likely N-dealkylation sites (N-methyl/N-ethyl adjacent to an activating group) is 1. The molecule has 0 aliphatic rings.